The molecule has 0 saturated carbocycles. The van der Waals surface area contributed by atoms with Crippen LogP contribution in [0.1, 0.15) is 32.9 Å². The molecule has 0 aliphatic carbocycles. The summed E-state index contributed by atoms with van der Waals surface area (Å²) in [5, 5.41) is 4.55. The van der Waals surface area contributed by atoms with Crippen LogP contribution in [-0.2, 0) is 6.42 Å². The van der Waals surface area contributed by atoms with E-state index in [-0.39, 0.29) is 6.04 Å². The summed E-state index contributed by atoms with van der Waals surface area (Å²) in [6.07, 6.45) is 2.76. The monoisotopic (exact) mass is 261 g/mol. The van der Waals surface area contributed by atoms with Crippen molar-refractivity contribution < 1.29 is 0 Å². The van der Waals surface area contributed by atoms with Gasteiger partial charge < -0.3 is 5.32 Å². The molecule has 1 unspecified atom stereocenters. The van der Waals surface area contributed by atoms with Gasteiger partial charge in [-0.2, -0.15) is 0 Å². The van der Waals surface area contributed by atoms with Crippen molar-refractivity contribution in [3.8, 4) is 0 Å². The van der Waals surface area contributed by atoms with Crippen molar-refractivity contribution in [2.75, 3.05) is 7.05 Å². The molecule has 2 heterocycles. The van der Waals surface area contributed by atoms with Crippen molar-refractivity contribution in [3.05, 3.63) is 45.2 Å². The zero-order valence-electron chi connectivity index (χ0n) is 11.3. The summed E-state index contributed by atoms with van der Waals surface area (Å²) >= 11 is 1.79. The average molecular weight is 261 g/mol. The Morgan fingerprint density at radius 2 is 2.06 bits per heavy atom. The van der Waals surface area contributed by atoms with E-state index in [2.05, 4.69) is 42.1 Å². The van der Waals surface area contributed by atoms with Gasteiger partial charge in [-0.3, -0.25) is 4.98 Å². The fourth-order valence-corrected chi connectivity index (χ4v) is 3.01. The number of nitrogens with zero attached hydrogens (tertiary/aromatic N) is 2. The van der Waals surface area contributed by atoms with Crippen molar-refractivity contribution in [2.45, 2.75) is 33.2 Å². The third-order valence-electron chi connectivity index (χ3n) is 3.22. The maximum Gasteiger partial charge on any atom is 0.0949 e. The Morgan fingerprint density at radius 1 is 1.28 bits per heavy atom. The van der Waals surface area contributed by atoms with Gasteiger partial charge >= 0.3 is 0 Å². The van der Waals surface area contributed by atoms with Crippen LogP contribution in [0.5, 0.6) is 0 Å². The molecule has 0 saturated heterocycles. The van der Waals surface area contributed by atoms with Gasteiger partial charge in [-0.1, -0.05) is 6.07 Å². The van der Waals surface area contributed by atoms with Crippen molar-refractivity contribution in [1.29, 1.82) is 0 Å². The first-order valence-corrected chi connectivity index (χ1v) is 6.95. The van der Waals surface area contributed by atoms with E-state index in [0.717, 1.165) is 17.8 Å². The molecule has 0 radical (unpaired) electrons. The van der Waals surface area contributed by atoms with Crippen LogP contribution in [0.2, 0.25) is 0 Å². The Balaban J connectivity index is 2.22. The molecule has 0 amide bonds. The third-order valence-corrected chi connectivity index (χ3v) is 4.32. The summed E-state index contributed by atoms with van der Waals surface area (Å²) in [4.78, 5) is 10.3. The molecule has 18 heavy (non-hydrogen) atoms. The molecule has 1 atom stereocenters. The highest BCUT2D eigenvalue weighted by molar-refractivity contribution is 7.11. The van der Waals surface area contributed by atoms with Crippen LogP contribution in [0.3, 0.4) is 0 Å². The van der Waals surface area contributed by atoms with E-state index in [1.165, 1.54) is 15.4 Å². The lowest BCUT2D eigenvalue weighted by atomic mass is 10.0. The van der Waals surface area contributed by atoms with Crippen molar-refractivity contribution in [3.63, 3.8) is 0 Å². The molecule has 0 aliphatic rings. The third kappa shape index (κ3) is 2.76. The fraction of sp³-hybridized carbons (Fsp3) is 0.429. The van der Waals surface area contributed by atoms with Crippen LogP contribution in [-0.4, -0.2) is 17.0 Å². The SMILES string of the molecule is CNC(Cc1nc(C)c(C)s1)c1cccnc1C. The van der Waals surface area contributed by atoms with Crippen LogP contribution in [0.15, 0.2) is 18.3 Å². The minimum absolute atomic E-state index is 0.281. The predicted molar refractivity (Wildman–Crippen MR) is 76.1 cm³/mol. The van der Waals surface area contributed by atoms with Crippen LogP contribution in [0, 0.1) is 20.8 Å². The lowest BCUT2D eigenvalue weighted by Crippen LogP contribution is -2.20. The Bertz CT molecular complexity index is 514. The first-order chi connectivity index (χ1) is 8.61. The molecule has 0 fully saturated rings. The summed E-state index contributed by atoms with van der Waals surface area (Å²) < 4.78 is 0. The normalized spacial score (nSPS) is 12.7. The maximum absolute atomic E-state index is 4.61. The molecule has 96 valence electrons. The second-order valence-electron chi connectivity index (χ2n) is 4.47. The number of likely N-dealkylation sites (N-methyl/N-ethyl adjacent to an activating group) is 1. The minimum atomic E-state index is 0.281. The van der Waals surface area contributed by atoms with Gasteiger partial charge in [0.15, 0.2) is 0 Å². The van der Waals surface area contributed by atoms with Gasteiger partial charge in [-0.05, 0) is 39.4 Å². The molecule has 4 heteroatoms. The molecule has 2 rings (SSSR count). The molecule has 2 aromatic heterocycles. The highest BCUT2D eigenvalue weighted by atomic mass is 32.1. The number of hydrogen-bond acceptors (Lipinski definition) is 4. The number of nitrogens with one attached hydrogen (secondary N) is 1. The first kappa shape index (κ1) is 13.2. The van der Waals surface area contributed by atoms with Crippen molar-refractivity contribution >= 4 is 11.3 Å². The molecule has 1 N–H and O–H groups in total. The summed E-state index contributed by atoms with van der Waals surface area (Å²) in [6.45, 7) is 6.25. The van der Waals surface area contributed by atoms with Gasteiger partial charge in [0.2, 0.25) is 0 Å². The van der Waals surface area contributed by atoms with E-state index in [9.17, 15) is 0 Å². The van der Waals surface area contributed by atoms with E-state index >= 15 is 0 Å². The smallest absolute Gasteiger partial charge is 0.0949 e. The standard InChI is InChI=1S/C14H19N3S/c1-9-11(3)18-14(17-9)8-13(15-4)12-6-5-7-16-10(12)2/h5-7,13,15H,8H2,1-4H3. The second kappa shape index (κ2) is 5.59. The summed E-state index contributed by atoms with van der Waals surface area (Å²) in [5.74, 6) is 0. The van der Waals surface area contributed by atoms with Crippen molar-refractivity contribution in [1.82, 2.24) is 15.3 Å². The number of pyridine rings is 1. The van der Waals surface area contributed by atoms with E-state index in [4.69, 9.17) is 0 Å². The summed E-state index contributed by atoms with van der Waals surface area (Å²) in [6, 6.07) is 4.41. The van der Waals surface area contributed by atoms with Gasteiger partial charge in [-0.15, -0.1) is 11.3 Å². The molecule has 0 aromatic carbocycles. The molecule has 2 aromatic rings. The van der Waals surface area contributed by atoms with Gasteiger partial charge in [0, 0.05) is 29.2 Å². The van der Waals surface area contributed by atoms with Gasteiger partial charge in [0.25, 0.3) is 0 Å². The van der Waals surface area contributed by atoms with Gasteiger partial charge in [0.05, 0.1) is 10.7 Å². The molecular weight excluding hydrogens is 242 g/mol. The van der Waals surface area contributed by atoms with Crippen LogP contribution in [0.4, 0.5) is 0 Å². The molecule has 3 nitrogen and oxygen atoms in total. The van der Waals surface area contributed by atoms with E-state index in [0.29, 0.717) is 0 Å². The number of thiazole rings is 1. The Morgan fingerprint density at radius 3 is 2.61 bits per heavy atom. The molecular formula is C14H19N3S. The number of hydrogen-bond donors (Lipinski definition) is 1. The lowest BCUT2D eigenvalue weighted by molar-refractivity contribution is 0.584. The second-order valence-corrected chi connectivity index (χ2v) is 5.76. The van der Waals surface area contributed by atoms with Crippen molar-refractivity contribution in [2.24, 2.45) is 0 Å². The Kier molecular flexibility index (Phi) is 4.09. The summed E-state index contributed by atoms with van der Waals surface area (Å²) in [5.41, 5.74) is 3.49. The predicted octanol–water partition coefficient (Wildman–Crippen LogP) is 2.97. The number of aryl methyl sites for hydroxylation is 3. The first-order valence-electron chi connectivity index (χ1n) is 6.13. The zero-order chi connectivity index (χ0) is 13.1. The number of aromatic nitrogens is 2. The van der Waals surface area contributed by atoms with Crippen LogP contribution >= 0.6 is 11.3 Å². The van der Waals surface area contributed by atoms with E-state index in [1.807, 2.05) is 19.3 Å². The number of rotatable bonds is 4. The highest BCUT2D eigenvalue weighted by Gasteiger charge is 2.15. The quantitative estimate of drug-likeness (QED) is 0.919. The lowest BCUT2D eigenvalue weighted by Gasteiger charge is -2.16. The van der Waals surface area contributed by atoms with Gasteiger partial charge in [0.1, 0.15) is 0 Å². The maximum atomic E-state index is 4.61. The zero-order valence-corrected chi connectivity index (χ0v) is 12.1. The Hall–Kier alpha value is -1.26. The fourth-order valence-electron chi connectivity index (χ4n) is 2.03. The molecule has 0 bridgehead atoms. The topological polar surface area (TPSA) is 37.8 Å². The molecule has 0 spiro atoms. The van der Waals surface area contributed by atoms with Crippen LogP contribution in [0.25, 0.3) is 0 Å². The minimum Gasteiger partial charge on any atom is -0.313 e. The average Bonchev–Trinajstić information content (AvgIpc) is 2.66. The molecule has 0 aliphatic heterocycles. The summed E-state index contributed by atoms with van der Waals surface area (Å²) in [7, 11) is 1.99. The van der Waals surface area contributed by atoms with E-state index < -0.39 is 0 Å². The van der Waals surface area contributed by atoms with Gasteiger partial charge in [-0.25, -0.2) is 4.98 Å². The van der Waals surface area contributed by atoms with E-state index in [1.54, 1.807) is 11.3 Å². The Labute approximate surface area is 112 Å². The largest absolute Gasteiger partial charge is 0.313 e. The highest BCUT2D eigenvalue weighted by Crippen LogP contribution is 2.24. The van der Waals surface area contributed by atoms with Crippen LogP contribution < -0.4 is 5.32 Å².